The van der Waals surface area contributed by atoms with Crippen molar-refractivity contribution in [2.45, 2.75) is 24.7 Å². The number of benzene rings is 2. The third-order valence-corrected chi connectivity index (χ3v) is 8.72. The first-order valence-electron chi connectivity index (χ1n) is 10.9. The van der Waals surface area contributed by atoms with E-state index in [4.69, 9.17) is 0 Å². The molecule has 1 saturated heterocycles. The molecule has 0 atom stereocenters. The van der Waals surface area contributed by atoms with Crippen molar-refractivity contribution in [3.8, 4) is 0 Å². The van der Waals surface area contributed by atoms with Crippen molar-refractivity contribution in [3.05, 3.63) is 65.9 Å². The first-order chi connectivity index (χ1) is 15.9. The molecule has 1 aliphatic rings. The van der Waals surface area contributed by atoms with Crippen molar-refractivity contribution in [3.63, 3.8) is 0 Å². The molecule has 4 rings (SSSR count). The van der Waals surface area contributed by atoms with Crippen LogP contribution >= 0.6 is 11.8 Å². The minimum Gasteiger partial charge on any atom is -0.358 e. The van der Waals surface area contributed by atoms with Crippen LogP contribution < -0.4 is 0 Å². The van der Waals surface area contributed by atoms with E-state index in [9.17, 15) is 18.0 Å². The number of hydrazine groups is 1. The Labute approximate surface area is 198 Å². The monoisotopic (exact) mass is 485 g/mol. The topological polar surface area (TPSA) is 90.6 Å². The summed E-state index contributed by atoms with van der Waals surface area (Å²) in [5.74, 6) is 0.153. The fourth-order valence-corrected chi connectivity index (χ4v) is 6.71. The zero-order chi connectivity index (χ0) is 23.4. The Bertz CT molecular complexity index is 1260. The van der Waals surface area contributed by atoms with Crippen molar-refractivity contribution < 1.29 is 18.0 Å². The molecule has 1 aliphatic heterocycles. The van der Waals surface area contributed by atoms with Crippen molar-refractivity contribution in [2.75, 3.05) is 30.3 Å². The Kier molecular flexibility index (Phi) is 7.09. The molecule has 1 fully saturated rings. The van der Waals surface area contributed by atoms with Crippen LogP contribution in [0.1, 0.15) is 17.7 Å². The van der Waals surface area contributed by atoms with Crippen molar-refractivity contribution in [1.82, 2.24) is 15.0 Å². The second kappa shape index (κ2) is 10.0. The zero-order valence-corrected chi connectivity index (χ0v) is 20.1. The number of hydrogen-bond acceptors (Lipinski definition) is 5. The summed E-state index contributed by atoms with van der Waals surface area (Å²) in [5.41, 5.74) is 2.90. The van der Waals surface area contributed by atoms with E-state index in [2.05, 4.69) is 4.98 Å². The van der Waals surface area contributed by atoms with Crippen LogP contribution in [0.2, 0.25) is 0 Å². The van der Waals surface area contributed by atoms with Crippen LogP contribution in [0.25, 0.3) is 10.9 Å². The third kappa shape index (κ3) is 5.25. The highest BCUT2D eigenvalue weighted by atomic mass is 32.2. The predicted molar refractivity (Wildman–Crippen MR) is 131 cm³/mol. The maximum atomic E-state index is 13.1. The lowest BCUT2D eigenvalue weighted by atomic mass is 10.1. The molecule has 0 bridgehead atoms. The highest BCUT2D eigenvalue weighted by Gasteiger charge is 2.31. The van der Waals surface area contributed by atoms with Gasteiger partial charge >= 0.3 is 0 Å². The minimum atomic E-state index is -3.37. The van der Waals surface area contributed by atoms with Gasteiger partial charge in [0.2, 0.25) is 5.91 Å². The molecule has 0 unspecified atom stereocenters. The summed E-state index contributed by atoms with van der Waals surface area (Å²) < 4.78 is 24.8. The first-order valence-corrected chi connectivity index (χ1v) is 13.7. The number of amides is 2. The first kappa shape index (κ1) is 23.4. The second-order valence-electron chi connectivity index (χ2n) is 8.02. The summed E-state index contributed by atoms with van der Waals surface area (Å²) in [6.07, 6.45) is 0.958. The molecule has 0 saturated carbocycles. The Balaban J connectivity index is 1.32. The lowest BCUT2D eigenvalue weighted by Crippen LogP contribution is -2.46. The lowest BCUT2D eigenvalue weighted by molar-refractivity contribution is -0.155. The van der Waals surface area contributed by atoms with E-state index < -0.39 is 9.84 Å². The van der Waals surface area contributed by atoms with Gasteiger partial charge in [-0.3, -0.25) is 19.6 Å². The molecule has 0 radical (unpaired) electrons. The van der Waals surface area contributed by atoms with Crippen LogP contribution in [-0.2, 0) is 25.8 Å². The highest BCUT2D eigenvalue weighted by molar-refractivity contribution is 8.01. The number of thioether (sulfide) groups is 1. The Morgan fingerprint density at radius 1 is 0.970 bits per heavy atom. The molecule has 3 aromatic rings. The normalized spacial score (nSPS) is 14.2. The van der Waals surface area contributed by atoms with Crippen LogP contribution in [0.15, 0.2) is 59.5 Å². The number of para-hydroxylation sites is 1. The van der Waals surface area contributed by atoms with Crippen molar-refractivity contribution in [2.24, 2.45) is 0 Å². The molecule has 2 aromatic carbocycles. The number of sulfone groups is 1. The van der Waals surface area contributed by atoms with Crippen LogP contribution in [0.5, 0.6) is 0 Å². The molecule has 7 nitrogen and oxygen atoms in total. The Hall–Kier alpha value is -2.78. The summed E-state index contributed by atoms with van der Waals surface area (Å²) in [6, 6.07) is 16.2. The maximum absolute atomic E-state index is 13.1. The molecule has 2 amide bonds. The van der Waals surface area contributed by atoms with Crippen LogP contribution in [0.4, 0.5) is 0 Å². The number of fused-ring (bicyclic) bond motifs is 1. The van der Waals surface area contributed by atoms with Crippen molar-refractivity contribution in [1.29, 1.82) is 0 Å². The average molecular weight is 486 g/mol. The Morgan fingerprint density at radius 2 is 1.64 bits per heavy atom. The molecule has 174 valence electrons. The van der Waals surface area contributed by atoms with E-state index in [0.29, 0.717) is 23.7 Å². The molecule has 1 N–H and O–H groups in total. The largest absolute Gasteiger partial charge is 0.358 e. The number of carbonyl (C=O) groups excluding carboxylic acids is 2. The summed E-state index contributed by atoms with van der Waals surface area (Å²) >= 11 is 1.28. The van der Waals surface area contributed by atoms with E-state index in [-0.39, 0.29) is 29.7 Å². The number of nitrogens with one attached hydrogen (secondary N) is 1. The molecule has 33 heavy (non-hydrogen) atoms. The van der Waals surface area contributed by atoms with Gasteiger partial charge in [-0.15, -0.1) is 0 Å². The van der Waals surface area contributed by atoms with E-state index in [1.807, 2.05) is 31.2 Å². The summed E-state index contributed by atoms with van der Waals surface area (Å²) in [4.78, 5) is 29.5. The van der Waals surface area contributed by atoms with Gasteiger partial charge in [0.05, 0.1) is 22.8 Å². The third-order valence-electron chi connectivity index (χ3n) is 5.79. The fraction of sp³-hybridized carbons (Fsp3) is 0.333. The number of H-pyrrole nitrogens is 1. The van der Waals surface area contributed by atoms with Crippen LogP contribution in [-0.4, -0.2) is 65.6 Å². The average Bonchev–Trinajstić information content (AvgIpc) is 3.42. The van der Waals surface area contributed by atoms with Crippen molar-refractivity contribution >= 4 is 44.3 Å². The molecule has 9 heteroatoms. The van der Waals surface area contributed by atoms with Gasteiger partial charge in [-0.2, -0.15) is 11.8 Å². The molecular formula is C24H27N3O4S2. The molecule has 1 aromatic heterocycles. The van der Waals surface area contributed by atoms with Gasteiger partial charge in [0, 0.05) is 35.4 Å². The zero-order valence-electron chi connectivity index (χ0n) is 18.5. The SMILES string of the molecule is Cc1[nH]c2ccccc2c1CC(=O)N1CCCN1C(=O)CSCCS(=O)(=O)c1ccccc1. The van der Waals surface area contributed by atoms with Gasteiger partial charge in [-0.05, 0) is 37.1 Å². The van der Waals surface area contributed by atoms with Gasteiger partial charge in [-0.1, -0.05) is 36.4 Å². The highest BCUT2D eigenvalue weighted by Crippen LogP contribution is 2.24. The maximum Gasteiger partial charge on any atom is 0.251 e. The summed E-state index contributed by atoms with van der Waals surface area (Å²) in [6.45, 7) is 2.97. The smallest absolute Gasteiger partial charge is 0.251 e. The van der Waals surface area contributed by atoms with E-state index in [0.717, 1.165) is 28.6 Å². The molecule has 0 spiro atoms. The summed E-state index contributed by atoms with van der Waals surface area (Å²) in [5, 5.41) is 4.09. The summed E-state index contributed by atoms with van der Waals surface area (Å²) in [7, 11) is -3.37. The number of aromatic nitrogens is 1. The van der Waals surface area contributed by atoms with E-state index in [1.54, 1.807) is 35.3 Å². The Morgan fingerprint density at radius 3 is 2.39 bits per heavy atom. The van der Waals surface area contributed by atoms with E-state index in [1.165, 1.54) is 16.8 Å². The quantitative estimate of drug-likeness (QED) is 0.495. The number of carbonyl (C=O) groups is 2. The lowest BCUT2D eigenvalue weighted by Gasteiger charge is -2.28. The van der Waals surface area contributed by atoms with Gasteiger partial charge in [0.15, 0.2) is 9.84 Å². The second-order valence-corrected chi connectivity index (χ2v) is 11.2. The fourth-order valence-electron chi connectivity index (χ4n) is 4.08. The molecular weight excluding hydrogens is 458 g/mol. The number of aromatic amines is 1. The predicted octanol–water partition coefficient (Wildman–Crippen LogP) is 3.20. The van der Waals surface area contributed by atoms with E-state index >= 15 is 0 Å². The van der Waals surface area contributed by atoms with Crippen LogP contribution in [0, 0.1) is 6.92 Å². The van der Waals surface area contributed by atoms with Gasteiger partial charge in [-0.25, -0.2) is 8.42 Å². The number of hydrogen-bond donors (Lipinski definition) is 1. The minimum absolute atomic E-state index is 0.0303. The molecule has 2 heterocycles. The number of rotatable bonds is 8. The number of aryl methyl sites for hydroxylation is 1. The standard InChI is InChI=1S/C24H27N3O4S2/c1-18-21(20-10-5-6-11-22(20)25-18)16-23(28)26-12-7-13-27(26)24(29)17-32-14-15-33(30,31)19-8-3-2-4-9-19/h2-6,8-11,25H,7,12-17H2,1H3. The number of nitrogens with zero attached hydrogens (tertiary/aromatic N) is 2. The van der Waals surface area contributed by atoms with Gasteiger partial charge in [0.1, 0.15) is 0 Å². The molecule has 0 aliphatic carbocycles. The van der Waals surface area contributed by atoms with Gasteiger partial charge in [0.25, 0.3) is 5.91 Å². The van der Waals surface area contributed by atoms with Gasteiger partial charge < -0.3 is 4.98 Å². The van der Waals surface area contributed by atoms with Crippen LogP contribution in [0.3, 0.4) is 0 Å².